The molecule has 0 saturated heterocycles. The summed E-state index contributed by atoms with van der Waals surface area (Å²) in [7, 11) is 0. The minimum Gasteiger partial charge on any atom is -0.316 e. The van der Waals surface area contributed by atoms with Crippen molar-refractivity contribution in [1.29, 1.82) is 0 Å². The van der Waals surface area contributed by atoms with Crippen molar-refractivity contribution in [1.82, 2.24) is 0 Å². The van der Waals surface area contributed by atoms with E-state index in [1.807, 2.05) is 34.8 Å². The van der Waals surface area contributed by atoms with Gasteiger partial charge < -0.3 is 3.07 Å². The topological polar surface area (TPSA) is 9.23 Å². The van der Waals surface area contributed by atoms with Crippen LogP contribution in [0.3, 0.4) is 0 Å². The first-order chi connectivity index (χ1) is 3.91. The van der Waals surface area contributed by atoms with Crippen LogP contribution in [0.2, 0.25) is 0 Å². The molecule has 0 amide bonds. The molecule has 0 bridgehead atoms. The van der Waals surface area contributed by atoms with Gasteiger partial charge in [0.2, 0.25) is 0 Å². The largest absolute Gasteiger partial charge is 0.316 e. The molecule has 1 nitrogen and oxygen atoms in total. The molecular formula is C5H11IOS. The van der Waals surface area contributed by atoms with Crippen LogP contribution in [0.5, 0.6) is 0 Å². The number of hydrogen-bond donors (Lipinski definition) is 0. The van der Waals surface area contributed by atoms with Crippen molar-refractivity contribution in [3.63, 3.8) is 0 Å². The Morgan fingerprint density at radius 2 is 2.25 bits per heavy atom. The lowest BCUT2D eigenvalue weighted by molar-refractivity contribution is 0.412. The van der Waals surface area contributed by atoms with Crippen LogP contribution in [-0.4, -0.2) is 18.6 Å². The Hall–Kier alpha value is 1.04. The number of hydrogen-bond acceptors (Lipinski definition) is 2. The smallest absolute Gasteiger partial charge is 0.109 e. The van der Waals surface area contributed by atoms with E-state index in [1.165, 1.54) is 18.6 Å². The van der Waals surface area contributed by atoms with E-state index in [0.717, 1.165) is 6.61 Å². The van der Waals surface area contributed by atoms with Gasteiger partial charge in [-0.25, -0.2) is 0 Å². The minimum atomic E-state index is 0.904. The predicted octanol–water partition coefficient (Wildman–Crippen LogP) is 2.50. The van der Waals surface area contributed by atoms with Crippen molar-refractivity contribution in [3.8, 4) is 0 Å². The third-order valence-corrected chi connectivity index (χ3v) is 1.96. The lowest BCUT2D eigenvalue weighted by Crippen LogP contribution is -1.84. The van der Waals surface area contributed by atoms with E-state index in [1.54, 1.807) is 0 Å². The highest BCUT2D eigenvalue weighted by Crippen LogP contribution is 2.00. The van der Waals surface area contributed by atoms with Gasteiger partial charge in [0.05, 0.1) is 6.61 Å². The van der Waals surface area contributed by atoms with Crippen molar-refractivity contribution in [3.05, 3.63) is 0 Å². The summed E-state index contributed by atoms with van der Waals surface area (Å²) in [4.78, 5) is 0. The van der Waals surface area contributed by atoms with Crippen LogP contribution < -0.4 is 0 Å². The maximum absolute atomic E-state index is 4.85. The fraction of sp³-hybridized carbons (Fsp3) is 1.00. The third-order valence-electron chi connectivity index (χ3n) is 0.820. The molecule has 0 aromatic heterocycles. The van der Waals surface area contributed by atoms with Crippen LogP contribution in [0.4, 0.5) is 0 Å². The van der Waals surface area contributed by atoms with Gasteiger partial charge in [-0.15, -0.1) is 0 Å². The molecule has 0 fully saturated rings. The molecule has 0 heterocycles. The zero-order chi connectivity index (χ0) is 6.24. The maximum atomic E-state index is 4.85. The highest BCUT2D eigenvalue weighted by molar-refractivity contribution is 14.1. The lowest BCUT2D eigenvalue weighted by Gasteiger charge is -1.93. The van der Waals surface area contributed by atoms with Gasteiger partial charge in [-0.05, 0) is 24.9 Å². The lowest BCUT2D eigenvalue weighted by atomic mass is 10.4. The van der Waals surface area contributed by atoms with E-state index in [2.05, 4.69) is 6.26 Å². The Morgan fingerprint density at radius 3 is 2.75 bits per heavy atom. The molecule has 0 aliphatic heterocycles. The van der Waals surface area contributed by atoms with Gasteiger partial charge in [0.15, 0.2) is 0 Å². The normalized spacial score (nSPS) is 9.75. The summed E-state index contributed by atoms with van der Waals surface area (Å²) >= 11 is 3.83. The Morgan fingerprint density at radius 1 is 1.50 bits per heavy atom. The van der Waals surface area contributed by atoms with Crippen LogP contribution in [0.1, 0.15) is 12.8 Å². The molecule has 0 radical (unpaired) electrons. The summed E-state index contributed by atoms with van der Waals surface area (Å²) < 4.78 is 4.85. The molecule has 0 rings (SSSR count). The molecule has 0 N–H and O–H groups in total. The van der Waals surface area contributed by atoms with Gasteiger partial charge in [-0.3, -0.25) is 0 Å². The van der Waals surface area contributed by atoms with Gasteiger partial charge in [0.1, 0.15) is 23.0 Å². The molecule has 0 atom stereocenters. The van der Waals surface area contributed by atoms with Crippen LogP contribution >= 0.6 is 34.8 Å². The highest BCUT2D eigenvalue weighted by Gasteiger charge is 1.84. The van der Waals surface area contributed by atoms with Crippen LogP contribution in [0.25, 0.3) is 0 Å². The second kappa shape index (κ2) is 8.04. The maximum Gasteiger partial charge on any atom is 0.109 e. The Labute approximate surface area is 69.2 Å². The molecule has 3 heteroatoms. The predicted molar refractivity (Wildman–Crippen MR) is 47.6 cm³/mol. The first-order valence-corrected chi connectivity index (χ1v) is 4.91. The van der Waals surface area contributed by atoms with E-state index < -0.39 is 0 Å². The number of halogens is 1. The minimum absolute atomic E-state index is 0.904. The fourth-order valence-corrected chi connectivity index (χ4v) is 1.21. The van der Waals surface area contributed by atoms with E-state index in [9.17, 15) is 0 Å². The van der Waals surface area contributed by atoms with E-state index >= 15 is 0 Å². The van der Waals surface area contributed by atoms with E-state index in [-0.39, 0.29) is 0 Å². The molecular weight excluding hydrogens is 235 g/mol. The number of thioether (sulfide) groups is 1. The van der Waals surface area contributed by atoms with Gasteiger partial charge in [0.25, 0.3) is 0 Å². The molecule has 0 aromatic carbocycles. The van der Waals surface area contributed by atoms with E-state index in [4.69, 9.17) is 3.07 Å². The monoisotopic (exact) mass is 246 g/mol. The Bertz CT molecular complexity index is 37.4. The third kappa shape index (κ3) is 7.04. The molecule has 50 valence electrons. The highest BCUT2D eigenvalue weighted by atomic mass is 127. The summed E-state index contributed by atoms with van der Waals surface area (Å²) in [6.45, 7) is 0.904. The van der Waals surface area contributed by atoms with Gasteiger partial charge in [-0.2, -0.15) is 11.8 Å². The molecule has 0 aliphatic carbocycles. The molecule has 8 heavy (non-hydrogen) atoms. The van der Waals surface area contributed by atoms with Crippen LogP contribution in [0.15, 0.2) is 0 Å². The molecule has 0 aliphatic rings. The molecule has 0 unspecified atom stereocenters. The molecule has 0 saturated carbocycles. The summed E-state index contributed by atoms with van der Waals surface area (Å²) in [5.74, 6) is 1.26. The Kier molecular flexibility index (Phi) is 9.09. The average molecular weight is 246 g/mol. The standard InChI is InChI=1S/C5H11IOS/c1-8-5-3-2-4-7-6/h2-5H2,1H3. The van der Waals surface area contributed by atoms with Crippen molar-refractivity contribution >= 4 is 34.8 Å². The summed E-state index contributed by atoms with van der Waals surface area (Å²) in [5, 5.41) is 0. The van der Waals surface area contributed by atoms with Gasteiger partial charge in [-0.1, -0.05) is 0 Å². The van der Waals surface area contributed by atoms with Crippen LogP contribution in [0, 0.1) is 0 Å². The summed E-state index contributed by atoms with van der Waals surface area (Å²) in [6, 6.07) is 0. The first-order valence-electron chi connectivity index (χ1n) is 2.64. The fourth-order valence-electron chi connectivity index (χ4n) is 0.403. The second-order valence-corrected chi connectivity index (χ2v) is 3.12. The van der Waals surface area contributed by atoms with Crippen molar-refractivity contribution in [2.75, 3.05) is 18.6 Å². The summed E-state index contributed by atoms with van der Waals surface area (Å²) in [6.07, 6.45) is 4.61. The molecule has 0 aromatic rings. The first kappa shape index (κ1) is 9.04. The zero-order valence-corrected chi connectivity index (χ0v) is 8.00. The van der Waals surface area contributed by atoms with Gasteiger partial charge in [0, 0.05) is 0 Å². The summed E-state index contributed by atoms with van der Waals surface area (Å²) in [5.41, 5.74) is 0. The van der Waals surface area contributed by atoms with E-state index in [0.29, 0.717) is 0 Å². The van der Waals surface area contributed by atoms with Crippen molar-refractivity contribution in [2.45, 2.75) is 12.8 Å². The molecule has 0 spiro atoms. The van der Waals surface area contributed by atoms with Crippen molar-refractivity contribution < 1.29 is 3.07 Å². The average Bonchev–Trinajstić information content (AvgIpc) is 1.81. The van der Waals surface area contributed by atoms with Crippen molar-refractivity contribution in [2.24, 2.45) is 0 Å². The van der Waals surface area contributed by atoms with Gasteiger partial charge >= 0.3 is 0 Å². The second-order valence-electron chi connectivity index (χ2n) is 1.51. The number of rotatable bonds is 5. The zero-order valence-electron chi connectivity index (χ0n) is 5.02. The SMILES string of the molecule is CSCCCCOI. The van der Waals surface area contributed by atoms with Crippen LogP contribution in [-0.2, 0) is 3.07 Å². The number of unbranched alkanes of at least 4 members (excludes halogenated alkanes) is 1. The quantitative estimate of drug-likeness (QED) is 0.544. The Balaban J connectivity index is 2.53.